The number of hydrogen-bond donors (Lipinski definition) is 1. The largest absolute Gasteiger partial charge is 0.458 e. The topological polar surface area (TPSA) is 68.0 Å². The first-order chi connectivity index (χ1) is 6.77. The van der Waals surface area contributed by atoms with Gasteiger partial charge in [0, 0.05) is 0 Å². The van der Waals surface area contributed by atoms with Crippen LogP contribution in [0.25, 0.3) is 0 Å². The van der Waals surface area contributed by atoms with Crippen molar-refractivity contribution in [3.05, 3.63) is 27.9 Å². The molecule has 7 heteroatoms. The number of amides is 1. The van der Waals surface area contributed by atoms with Crippen LogP contribution in [-0.4, -0.2) is 15.5 Å². The van der Waals surface area contributed by atoms with Crippen LogP contribution < -0.4 is 5.32 Å². The lowest BCUT2D eigenvalue weighted by Gasteiger charge is -1.97. The Balaban J connectivity index is 2.14. The van der Waals surface area contributed by atoms with Crippen LogP contribution >= 0.6 is 27.5 Å². The summed E-state index contributed by atoms with van der Waals surface area (Å²) in [4.78, 5) is 11.5. The van der Waals surface area contributed by atoms with Gasteiger partial charge in [-0.1, -0.05) is 4.49 Å². The third-order valence-electron chi connectivity index (χ3n) is 1.43. The van der Waals surface area contributed by atoms with Gasteiger partial charge in [-0.05, 0) is 33.5 Å². The van der Waals surface area contributed by atoms with Gasteiger partial charge in [-0.15, -0.1) is 5.10 Å². The highest BCUT2D eigenvalue weighted by atomic mass is 79.9. The van der Waals surface area contributed by atoms with Crippen LogP contribution in [0.3, 0.4) is 0 Å². The maximum absolute atomic E-state index is 11.5. The Morgan fingerprint density at radius 1 is 1.64 bits per heavy atom. The Morgan fingerprint density at radius 2 is 2.50 bits per heavy atom. The van der Waals surface area contributed by atoms with E-state index in [1.54, 1.807) is 11.4 Å². The van der Waals surface area contributed by atoms with Crippen LogP contribution in [0.2, 0.25) is 0 Å². The van der Waals surface area contributed by atoms with Crippen molar-refractivity contribution in [1.82, 2.24) is 9.59 Å². The first-order valence-corrected chi connectivity index (χ1v) is 5.22. The van der Waals surface area contributed by atoms with Gasteiger partial charge in [0.2, 0.25) is 5.76 Å². The maximum atomic E-state index is 11.5. The van der Waals surface area contributed by atoms with Crippen LogP contribution in [0.4, 0.5) is 5.82 Å². The molecule has 0 unspecified atom stereocenters. The molecular formula is C7H4BrN3O2S. The average molecular weight is 274 g/mol. The van der Waals surface area contributed by atoms with Gasteiger partial charge < -0.3 is 9.73 Å². The van der Waals surface area contributed by atoms with Crippen molar-refractivity contribution in [2.45, 2.75) is 0 Å². The van der Waals surface area contributed by atoms with Crippen molar-refractivity contribution in [2.24, 2.45) is 0 Å². The van der Waals surface area contributed by atoms with Crippen molar-refractivity contribution >= 4 is 39.2 Å². The molecule has 0 radical (unpaired) electrons. The van der Waals surface area contributed by atoms with Crippen LogP contribution in [-0.2, 0) is 0 Å². The molecule has 5 nitrogen and oxygen atoms in total. The second kappa shape index (κ2) is 3.89. The number of nitrogens with zero attached hydrogens (tertiary/aromatic N) is 2. The summed E-state index contributed by atoms with van der Waals surface area (Å²) in [5.74, 6) is 0.288. The van der Waals surface area contributed by atoms with E-state index in [2.05, 4.69) is 30.8 Å². The van der Waals surface area contributed by atoms with Gasteiger partial charge in [0.25, 0.3) is 5.91 Å². The number of carbonyl (C=O) groups is 1. The fourth-order valence-corrected chi connectivity index (χ4v) is 1.62. The Bertz CT molecular complexity index is 439. The van der Waals surface area contributed by atoms with E-state index in [-0.39, 0.29) is 11.7 Å². The van der Waals surface area contributed by atoms with E-state index < -0.39 is 0 Å². The molecule has 0 aromatic carbocycles. The van der Waals surface area contributed by atoms with Crippen molar-refractivity contribution in [3.8, 4) is 0 Å². The summed E-state index contributed by atoms with van der Waals surface area (Å²) in [6.45, 7) is 0. The summed E-state index contributed by atoms with van der Waals surface area (Å²) < 4.78 is 9.19. The number of hydrogen-bond acceptors (Lipinski definition) is 5. The fraction of sp³-hybridized carbons (Fsp3) is 0. The van der Waals surface area contributed by atoms with Crippen LogP contribution in [0.15, 0.2) is 26.6 Å². The van der Waals surface area contributed by atoms with E-state index in [0.29, 0.717) is 10.3 Å². The second-order valence-electron chi connectivity index (χ2n) is 2.34. The minimum Gasteiger partial charge on any atom is -0.458 e. The highest BCUT2D eigenvalue weighted by Crippen LogP contribution is 2.18. The molecule has 0 aliphatic rings. The normalized spacial score (nSPS) is 10.1. The minimum absolute atomic E-state index is 0.220. The highest BCUT2D eigenvalue weighted by Gasteiger charge is 2.14. The number of rotatable bonds is 2. The molecule has 0 atom stereocenters. The molecule has 2 aromatic rings. The monoisotopic (exact) mass is 273 g/mol. The Kier molecular flexibility index (Phi) is 2.60. The molecule has 1 N–H and O–H groups in total. The molecular weight excluding hydrogens is 270 g/mol. The first-order valence-electron chi connectivity index (χ1n) is 3.59. The highest BCUT2D eigenvalue weighted by molar-refractivity contribution is 9.10. The lowest BCUT2D eigenvalue weighted by Crippen LogP contribution is -2.11. The predicted molar refractivity (Wildman–Crippen MR) is 54.3 cm³/mol. The SMILES string of the molecule is O=C(Nc1csnn1)c1occc1Br. The van der Waals surface area contributed by atoms with Crippen molar-refractivity contribution in [1.29, 1.82) is 0 Å². The van der Waals surface area contributed by atoms with Crippen molar-refractivity contribution < 1.29 is 9.21 Å². The fourth-order valence-electron chi connectivity index (χ4n) is 0.848. The summed E-state index contributed by atoms with van der Waals surface area (Å²) >= 11 is 4.35. The van der Waals surface area contributed by atoms with Gasteiger partial charge in [0.1, 0.15) is 0 Å². The van der Waals surface area contributed by atoms with Crippen LogP contribution in [0, 0.1) is 0 Å². The van der Waals surface area contributed by atoms with E-state index in [9.17, 15) is 4.79 Å². The Morgan fingerprint density at radius 3 is 3.07 bits per heavy atom. The Hall–Kier alpha value is -1.21. The third kappa shape index (κ3) is 1.83. The molecule has 2 aromatic heterocycles. The second-order valence-corrected chi connectivity index (χ2v) is 3.81. The Labute approximate surface area is 91.4 Å². The molecule has 0 aliphatic heterocycles. The number of anilines is 1. The molecule has 0 bridgehead atoms. The summed E-state index contributed by atoms with van der Waals surface area (Å²) in [5.41, 5.74) is 0. The van der Waals surface area contributed by atoms with Crippen molar-refractivity contribution in [3.63, 3.8) is 0 Å². The molecule has 0 saturated carbocycles. The van der Waals surface area contributed by atoms with E-state index in [1.165, 1.54) is 6.26 Å². The average Bonchev–Trinajstić information content (AvgIpc) is 2.75. The zero-order valence-corrected chi connectivity index (χ0v) is 9.13. The summed E-state index contributed by atoms with van der Waals surface area (Å²) in [6, 6.07) is 1.65. The number of carbonyl (C=O) groups excluding carboxylic acids is 1. The molecule has 72 valence electrons. The van der Waals surface area contributed by atoms with E-state index >= 15 is 0 Å². The molecule has 0 spiro atoms. The third-order valence-corrected chi connectivity index (χ3v) is 2.55. The van der Waals surface area contributed by atoms with E-state index in [1.807, 2.05) is 0 Å². The standard InChI is InChI=1S/C7H4BrN3O2S/c8-4-1-2-13-6(4)7(12)9-5-3-14-11-10-5/h1-3H,(H,9,12). The molecule has 1 amide bonds. The number of aromatic nitrogens is 2. The van der Waals surface area contributed by atoms with Gasteiger partial charge in [-0.25, -0.2) is 0 Å². The predicted octanol–water partition coefficient (Wildman–Crippen LogP) is 2.15. The minimum atomic E-state index is -0.352. The quantitative estimate of drug-likeness (QED) is 0.911. The molecule has 14 heavy (non-hydrogen) atoms. The zero-order chi connectivity index (χ0) is 9.97. The summed E-state index contributed by atoms with van der Waals surface area (Å²) in [6.07, 6.45) is 1.43. The lowest BCUT2D eigenvalue weighted by atomic mass is 10.4. The first kappa shape index (κ1) is 9.35. The zero-order valence-electron chi connectivity index (χ0n) is 6.73. The molecule has 2 rings (SSSR count). The van der Waals surface area contributed by atoms with Crippen molar-refractivity contribution in [2.75, 3.05) is 5.32 Å². The van der Waals surface area contributed by atoms with Gasteiger partial charge in [0.15, 0.2) is 5.82 Å². The number of halogens is 1. The van der Waals surface area contributed by atoms with Gasteiger partial charge in [-0.3, -0.25) is 4.79 Å². The maximum Gasteiger partial charge on any atom is 0.293 e. The van der Waals surface area contributed by atoms with E-state index in [4.69, 9.17) is 4.42 Å². The number of nitrogens with one attached hydrogen (secondary N) is 1. The van der Waals surface area contributed by atoms with Gasteiger partial charge in [-0.2, -0.15) is 0 Å². The van der Waals surface area contributed by atoms with Crippen LogP contribution in [0.5, 0.6) is 0 Å². The van der Waals surface area contributed by atoms with Gasteiger partial charge >= 0.3 is 0 Å². The molecule has 2 heterocycles. The van der Waals surface area contributed by atoms with E-state index in [0.717, 1.165) is 11.5 Å². The molecule has 0 saturated heterocycles. The number of furan rings is 1. The van der Waals surface area contributed by atoms with Crippen LogP contribution in [0.1, 0.15) is 10.6 Å². The molecule has 0 aliphatic carbocycles. The summed E-state index contributed by atoms with van der Waals surface area (Å²) in [7, 11) is 0. The molecule has 0 fully saturated rings. The lowest BCUT2D eigenvalue weighted by molar-refractivity contribution is 0.0995. The van der Waals surface area contributed by atoms with Gasteiger partial charge in [0.05, 0.1) is 16.1 Å². The summed E-state index contributed by atoms with van der Waals surface area (Å²) in [5, 5.41) is 7.85. The smallest absolute Gasteiger partial charge is 0.293 e.